The maximum absolute atomic E-state index is 12.0. The molecule has 0 aromatic carbocycles. The molecule has 3 amide bonds. The fraction of sp³-hybridized carbons (Fsp3) is 0.333. The number of hydrogen-bond donors (Lipinski definition) is 3. The van der Waals surface area contributed by atoms with Crippen molar-refractivity contribution < 1.29 is 14.4 Å². The summed E-state index contributed by atoms with van der Waals surface area (Å²) in [5.41, 5.74) is 0.606. The Morgan fingerprint density at radius 3 is 2.96 bits per heavy atom. The second kappa shape index (κ2) is 7.54. The number of carbonyl (C=O) groups excluding carboxylic acids is 3. The van der Waals surface area contributed by atoms with Crippen LogP contribution in [0.5, 0.6) is 0 Å². The molecule has 0 saturated carbocycles. The van der Waals surface area contributed by atoms with E-state index in [-0.39, 0.29) is 24.1 Å². The van der Waals surface area contributed by atoms with Crippen molar-refractivity contribution in [3.63, 3.8) is 0 Å². The monoisotopic (exact) mass is 364 g/mol. The fourth-order valence-electron chi connectivity index (χ4n) is 2.27. The fourth-order valence-corrected chi connectivity index (χ4v) is 3.63. The first-order valence-electron chi connectivity index (χ1n) is 7.44. The molecule has 3 rings (SSSR count). The highest BCUT2D eigenvalue weighted by atomic mass is 32.1. The van der Waals surface area contributed by atoms with Crippen LogP contribution in [0.3, 0.4) is 0 Å². The molecule has 0 aliphatic carbocycles. The number of thiazole rings is 1. The van der Waals surface area contributed by atoms with Crippen molar-refractivity contribution in [2.24, 2.45) is 0 Å². The minimum atomic E-state index is -0.501. The van der Waals surface area contributed by atoms with Crippen LogP contribution < -0.4 is 16.0 Å². The Balaban J connectivity index is 1.47. The van der Waals surface area contributed by atoms with Crippen molar-refractivity contribution in [3.05, 3.63) is 33.5 Å². The van der Waals surface area contributed by atoms with Crippen LogP contribution in [-0.2, 0) is 27.3 Å². The quantitative estimate of drug-likeness (QED) is 0.719. The third-order valence-corrected chi connectivity index (χ3v) is 5.16. The molecule has 126 valence electrons. The van der Waals surface area contributed by atoms with Gasteiger partial charge in [0.2, 0.25) is 17.7 Å². The summed E-state index contributed by atoms with van der Waals surface area (Å²) >= 11 is 2.85. The Bertz CT molecular complexity index is 742. The molecule has 1 saturated heterocycles. The van der Waals surface area contributed by atoms with E-state index >= 15 is 0 Å². The maximum atomic E-state index is 12.0. The van der Waals surface area contributed by atoms with Gasteiger partial charge in [-0.15, -0.1) is 22.7 Å². The molecule has 2 aromatic heterocycles. The topological polar surface area (TPSA) is 100 Å². The van der Waals surface area contributed by atoms with Crippen molar-refractivity contribution in [1.29, 1.82) is 0 Å². The first-order valence-corrected chi connectivity index (χ1v) is 9.20. The molecule has 1 aliphatic rings. The van der Waals surface area contributed by atoms with Gasteiger partial charge in [0.05, 0.1) is 18.7 Å². The van der Waals surface area contributed by atoms with E-state index in [2.05, 4.69) is 20.9 Å². The van der Waals surface area contributed by atoms with Crippen molar-refractivity contribution in [1.82, 2.24) is 15.6 Å². The summed E-state index contributed by atoms with van der Waals surface area (Å²) in [6.07, 6.45) is 1.03. The van der Waals surface area contributed by atoms with Gasteiger partial charge in [-0.1, -0.05) is 6.07 Å². The summed E-state index contributed by atoms with van der Waals surface area (Å²) in [7, 11) is 0. The van der Waals surface area contributed by atoms with Crippen LogP contribution in [0.25, 0.3) is 0 Å². The smallest absolute Gasteiger partial charge is 0.248 e. The van der Waals surface area contributed by atoms with E-state index in [1.807, 2.05) is 17.5 Å². The Hall–Kier alpha value is -2.26. The molecule has 0 radical (unpaired) electrons. The lowest BCUT2D eigenvalue weighted by Gasteiger charge is -2.08. The number of amides is 3. The van der Waals surface area contributed by atoms with Crippen LogP contribution in [0.4, 0.5) is 5.13 Å². The third-order valence-electron chi connectivity index (χ3n) is 3.48. The molecule has 2 aromatic rings. The molecule has 0 spiro atoms. The number of carbonyl (C=O) groups is 3. The van der Waals surface area contributed by atoms with Crippen molar-refractivity contribution in [2.45, 2.75) is 31.8 Å². The summed E-state index contributed by atoms with van der Waals surface area (Å²) in [6.45, 7) is 0.506. The molecule has 9 heteroatoms. The highest BCUT2D eigenvalue weighted by Gasteiger charge is 2.27. The predicted molar refractivity (Wildman–Crippen MR) is 91.8 cm³/mol. The zero-order chi connectivity index (χ0) is 16.9. The molecule has 1 aliphatic heterocycles. The lowest BCUT2D eigenvalue weighted by atomic mass is 10.2. The standard InChI is InChI=1S/C15H16N4O3S2/c20-12-4-3-11(18-12)14(22)19-15-17-9(8-24-15)6-13(21)16-7-10-2-1-5-23-10/h1-2,5,8,11H,3-4,6-7H2,(H,16,21)(H,18,20)(H,17,19,22)/t11-/m1/s1. The molecule has 0 bridgehead atoms. The summed E-state index contributed by atoms with van der Waals surface area (Å²) in [4.78, 5) is 40.4. The predicted octanol–water partition coefficient (Wildman–Crippen LogP) is 1.28. The zero-order valence-electron chi connectivity index (χ0n) is 12.7. The number of anilines is 1. The van der Waals surface area contributed by atoms with Crippen LogP contribution in [-0.4, -0.2) is 28.7 Å². The average molecular weight is 364 g/mol. The Morgan fingerprint density at radius 1 is 1.38 bits per heavy atom. The largest absolute Gasteiger partial charge is 0.351 e. The Morgan fingerprint density at radius 2 is 2.25 bits per heavy atom. The van der Waals surface area contributed by atoms with Crippen molar-refractivity contribution in [3.8, 4) is 0 Å². The van der Waals surface area contributed by atoms with E-state index in [1.54, 1.807) is 16.7 Å². The number of hydrogen-bond acceptors (Lipinski definition) is 6. The van der Waals surface area contributed by atoms with Gasteiger partial charge in [0.15, 0.2) is 5.13 Å². The van der Waals surface area contributed by atoms with E-state index in [0.29, 0.717) is 30.2 Å². The van der Waals surface area contributed by atoms with Crippen molar-refractivity contribution >= 4 is 45.5 Å². The van der Waals surface area contributed by atoms with Crippen LogP contribution in [0.1, 0.15) is 23.4 Å². The maximum Gasteiger partial charge on any atom is 0.248 e. The number of rotatable bonds is 6. The molecular formula is C15H16N4O3S2. The van der Waals surface area contributed by atoms with Gasteiger partial charge in [0.1, 0.15) is 6.04 Å². The normalized spacial score (nSPS) is 16.7. The van der Waals surface area contributed by atoms with E-state index in [4.69, 9.17) is 0 Å². The van der Waals surface area contributed by atoms with Crippen LogP contribution in [0.15, 0.2) is 22.9 Å². The summed E-state index contributed by atoms with van der Waals surface area (Å²) in [6, 6.07) is 3.40. The third kappa shape index (κ3) is 4.39. The SMILES string of the molecule is O=C(Cc1csc(NC(=O)[C@H]2CCC(=O)N2)n1)NCc1cccs1. The van der Waals surface area contributed by atoms with Gasteiger partial charge in [0.25, 0.3) is 0 Å². The van der Waals surface area contributed by atoms with Gasteiger partial charge in [-0.25, -0.2) is 4.98 Å². The minimum absolute atomic E-state index is 0.114. The second-order valence-corrected chi connectivity index (χ2v) is 7.22. The molecular weight excluding hydrogens is 348 g/mol. The van der Waals surface area contributed by atoms with Gasteiger partial charge in [-0.3, -0.25) is 14.4 Å². The summed E-state index contributed by atoms with van der Waals surface area (Å²) < 4.78 is 0. The number of aromatic nitrogens is 1. The summed E-state index contributed by atoms with van der Waals surface area (Å²) in [5, 5.41) is 12.3. The molecule has 24 heavy (non-hydrogen) atoms. The number of nitrogens with one attached hydrogen (secondary N) is 3. The zero-order valence-corrected chi connectivity index (χ0v) is 14.3. The molecule has 7 nitrogen and oxygen atoms in total. The van der Waals surface area contributed by atoms with Gasteiger partial charge in [-0.2, -0.15) is 0 Å². The molecule has 3 N–H and O–H groups in total. The lowest BCUT2D eigenvalue weighted by molar-refractivity contribution is -0.122. The van der Waals surface area contributed by atoms with Crippen molar-refractivity contribution in [2.75, 3.05) is 5.32 Å². The van der Waals surface area contributed by atoms with Gasteiger partial charge in [0, 0.05) is 16.7 Å². The second-order valence-electron chi connectivity index (χ2n) is 5.32. The van der Waals surface area contributed by atoms with E-state index in [0.717, 1.165) is 4.88 Å². The van der Waals surface area contributed by atoms with Gasteiger partial charge in [-0.05, 0) is 17.9 Å². The van der Waals surface area contributed by atoms with Gasteiger partial charge < -0.3 is 16.0 Å². The van der Waals surface area contributed by atoms with Crippen LogP contribution in [0.2, 0.25) is 0 Å². The molecule has 3 heterocycles. The van der Waals surface area contributed by atoms with Crippen LogP contribution >= 0.6 is 22.7 Å². The minimum Gasteiger partial charge on any atom is -0.351 e. The van der Waals surface area contributed by atoms with E-state index in [9.17, 15) is 14.4 Å². The van der Waals surface area contributed by atoms with E-state index < -0.39 is 6.04 Å². The first kappa shape index (κ1) is 16.6. The average Bonchev–Trinajstić information content (AvgIpc) is 3.27. The van der Waals surface area contributed by atoms with Crippen LogP contribution in [0, 0.1) is 0 Å². The highest BCUT2D eigenvalue weighted by Crippen LogP contribution is 2.17. The number of nitrogens with zero attached hydrogens (tertiary/aromatic N) is 1. The van der Waals surface area contributed by atoms with Gasteiger partial charge >= 0.3 is 0 Å². The Kier molecular flexibility index (Phi) is 5.21. The van der Waals surface area contributed by atoms with E-state index in [1.165, 1.54) is 11.3 Å². The summed E-state index contributed by atoms with van der Waals surface area (Å²) in [5.74, 6) is -0.504. The number of thiophene rings is 1. The molecule has 0 unspecified atom stereocenters. The molecule has 1 fully saturated rings. The molecule has 1 atom stereocenters. The first-order chi connectivity index (χ1) is 11.6. The highest BCUT2D eigenvalue weighted by molar-refractivity contribution is 7.14. The lowest BCUT2D eigenvalue weighted by Crippen LogP contribution is -2.37. The Labute approximate surface area is 146 Å².